The summed E-state index contributed by atoms with van der Waals surface area (Å²) < 4.78 is 11.2. The second-order valence-corrected chi connectivity index (χ2v) is 12.3. The van der Waals surface area contributed by atoms with Gasteiger partial charge in [0.05, 0.1) is 12.5 Å². The van der Waals surface area contributed by atoms with Crippen molar-refractivity contribution in [3.63, 3.8) is 0 Å². The number of carbonyl (C=O) groups excluding carboxylic acids is 6. The van der Waals surface area contributed by atoms with Gasteiger partial charge in [0.1, 0.15) is 29.1 Å². The van der Waals surface area contributed by atoms with Gasteiger partial charge in [-0.15, -0.1) is 0 Å². The predicted molar refractivity (Wildman–Crippen MR) is 178 cm³/mol. The van der Waals surface area contributed by atoms with Crippen LogP contribution in [0.4, 0.5) is 10.5 Å². The van der Waals surface area contributed by atoms with Crippen LogP contribution in [0.1, 0.15) is 60.3 Å². The van der Waals surface area contributed by atoms with E-state index in [2.05, 4.69) is 21.1 Å². The zero-order valence-corrected chi connectivity index (χ0v) is 27.8. The third kappa shape index (κ3) is 15.2. The topological polar surface area (TPSA) is 233 Å². The van der Waals surface area contributed by atoms with Gasteiger partial charge in [0.25, 0.3) is 0 Å². The quantitative estimate of drug-likeness (QED) is 0.0634. The molecule has 15 heteroatoms. The smallest absolute Gasteiger partial charge is 0.332 e. The van der Waals surface area contributed by atoms with E-state index in [0.29, 0.717) is 17.2 Å². The summed E-state index contributed by atoms with van der Waals surface area (Å²) in [7, 11) is 0. The number of anilines is 1. The van der Waals surface area contributed by atoms with Crippen molar-refractivity contribution in [3.8, 4) is 11.5 Å². The number of benzene rings is 2. The van der Waals surface area contributed by atoms with E-state index in [1.54, 1.807) is 71.0 Å². The lowest BCUT2D eigenvalue weighted by Crippen LogP contribution is -2.51. The molecule has 3 atom stereocenters. The lowest BCUT2D eigenvalue weighted by molar-refractivity contribution is -0.155. The minimum absolute atomic E-state index is 0.0660. The van der Waals surface area contributed by atoms with E-state index in [-0.39, 0.29) is 31.6 Å². The summed E-state index contributed by atoms with van der Waals surface area (Å²) in [6.07, 6.45) is 0.402. The summed E-state index contributed by atoms with van der Waals surface area (Å²) in [5, 5.41) is 11.5. The Kier molecular flexibility index (Phi) is 15.0. The van der Waals surface area contributed by atoms with Crippen LogP contribution in [-0.2, 0) is 28.7 Å². The molecule has 0 heterocycles. The van der Waals surface area contributed by atoms with Crippen LogP contribution in [0.25, 0.3) is 0 Å². The highest BCUT2D eigenvalue weighted by atomic mass is 16.6. The lowest BCUT2D eigenvalue weighted by atomic mass is 9.94. The maximum Gasteiger partial charge on any atom is 0.332 e. The molecular formula is C33H45N7O8. The minimum Gasteiger partial charge on any atom is -0.460 e. The van der Waals surface area contributed by atoms with E-state index in [1.165, 1.54) is 0 Å². The number of ether oxygens (including phenoxy) is 2. The molecule has 260 valence electrons. The number of hydrogen-bond acceptors (Lipinski definition) is 9. The zero-order valence-electron chi connectivity index (χ0n) is 27.8. The number of esters is 1. The first kappa shape index (κ1) is 38.7. The van der Waals surface area contributed by atoms with Crippen molar-refractivity contribution in [2.45, 2.75) is 78.0 Å². The molecule has 48 heavy (non-hydrogen) atoms. The Morgan fingerprint density at radius 3 is 2.12 bits per heavy atom. The van der Waals surface area contributed by atoms with Gasteiger partial charge in [-0.25, -0.2) is 10.2 Å². The summed E-state index contributed by atoms with van der Waals surface area (Å²) in [4.78, 5) is 75.7. The fraction of sp³-hybridized carbons (Fsp3) is 0.424. The molecule has 0 aliphatic rings. The first-order valence-corrected chi connectivity index (χ1v) is 15.4. The molecule has 0 spiro atoms. The summed E-state index contributed by atoms with van der Waals surface area (Å²) >= 11 is 0. The second-order valence-electron chi connectivity index (χ2n) is 12.3. The summed E-state index contributed by atoms with van der Waals surface area (Å²) in [6, 6.07) is 12.3. The second kappa shape index (κ2) is 18.6. The SMILES string of the molecule is CC(C)CC(C(=O)NC(C=NNC(N)=O)CC(=O)OC(C)(C)C)C(=O)NC(CCC(N)=O)C(=O)Nc1cccc(Oc2ccccc2)c1. The van der Waals surface area contributed by atoms with Crippen LogP contribution in [0.15, 0.2) is 59.7 Å². The zero-order chi connectivity index (χ0) is 35.9. The van der Waals surface area contributed by atoms with Crippen molar-refractivity contribution < 1.29 is 38.2 Å². The number of urea groups is 1. The molecule has 0 bridgehead atoms. The highest BCUT2D eigenvalue weighted by Crippen LogP contribution is 2.24. The Balaban J connectivity index is 2.25. The van der Waals surface area contributed by atoms with Gasteiger partial charge < -0.3 is 36.9 Å². The van der Waals surface area contributed by atoms with Crippen LogP contribution >= 0.6 is 0 Å². The van der Waals surface area contributed by atoms with E-state index in [9.17, 15) is 28.8 Å². The molecule has 0 aromatic heterocycles. The average Bonchev–Trinajstić information content (AvgIpc) is 2.97. The number of para-hydroxylation sites is 1. The molecule has 0 saturated heterocycles. The van der Waals surface area contributed by atoms with Crippen LogP contribution in [-0.4, -0.2) is 59.5 Å². The number of rotatable bonds is 17. The number of hydrogen-bond donors (Lipinski definition) is 6. The Labute approximate surface area is 279 Å². The van der Waals surface area contributed by atoms with Crippen molar-refractivity contribution in [2.24, 2.45) is 28.4 Å². The standard InChI is InChI=1S/C33H45N7O8/c1-20(2)16-25(29(43)38-22(19-36-40-32(35)46)18-28(42)48-33(3,4)5)30(44)39-26(14-15-27(34)41)31(45)37-21-10-9-13-24(17-21)47-23-11-7-6-8-12-23/h6-13,17,19-20,22,25-26H,14-16,18H2,1-5H3,(H2,34,41)(H,37,45)(H,38,43)(H,39,44)(H3,35,40,46). The van der Waals surface area contributed by atoms with E-state index in [0.717, 1.165) is 6.21 Å². The number of hydrazone groups is 1. The molecule has 0 fully saturated rings. The summed E-state index contributed by atoms with van der Waals surface area (Å²) in [5.41, 5.74) is 11.9. The van der Waals surface area contributed by atoms with Crippen molar-refractivity contribution in [2.75, 3.05) is 5.32 Å². The van der Waals surface area contributed by atoms with Crippen LogP contribution in [0.5, 0.6) is 11.5 Å². The first-order valence-electron chi connectivity index (χ1n) is 15.4. The highest BCUT2D eigenvalue weighted by Gasteiger charge is 2.33. The molecule has 2 rings (SSSR count). The van der Waals surface area contributed by atoms with E-state index < -0.39 is 59.2 Å². The van der Waals surface area contributed by atoms with E-state index in [4.69, 9.17) is 20.9 Å². The van der Waals surface area contributed by atoms with Crippen molar-refractivity contribution in [3.05, 3.63) is 54.6 Å². The lowest BCUT2D eigenvalue weighted by Gasteiger charge is -2.25. The van der Waals surface area contributed by atoms with Crippen LogP contribution in [0.2, 0.25) is 0 Å². The number of nitrogens with zero attached hydrogens (tertiary/aromatic N) is 1. The van der Waals surface area contributed by atoms with Gasteiger partial charge in [0.15, 0.2) is 0 Å². The third-order valence-electron chi connectivity index (χ3n) is 6.30. The number of nitrogens with two attached hydrogens (primary N) is 2. The monoisotopic (exact) mass is 667 g/mol. The molecule has 8 N–H and O–H groups in total. The Morgan fingerprint density at radius 1 is 0.875 bits per heavy atom. The number of primary amides is 2. The normalized spacial score (nSPS) is 13.1. The highest BCUT2D eigenvalue weighted by molar-refractivity contribution is 6.04. The molecule has 2 aromatic rings. The summed E-state index contributed by atoms with van der Waals surface area (Å²) in [5.74, 6) is -4.03. The maximum atomic E-state index is 13.6. The van der Waals surface area contributed by atoms with Crippen LogP contribution in [0.3, 0.4) is 0 Å². The predicted octanol–water partition coefficient (Wildman–Crippen LogP) is 2.70. The van der Waals surface area contributed by atoms with E-state index in [1.807, 2.05) is 23.6 Å². The van der Waals surface area contributed by atoms with Gasteiger partial charge >= 0.3 is 12.0 Å². The van der Waals surface area contributed by atoms with Gasteiger partial charge in [0, 0.05) is 24.4 Å². The molecule has 0 aliphatic heterocycles. The molecule has 0 aliphatic carbocycles. The molecule has 0 saturated carbocycles. The Hall–Kier alpha value is -5.47. The third-order valence-corrected chi connectivity index (χ3v) is 6.30. The molecule has 15 nitrogen and oxygen atoms in total. The average molecular weight is 668 g/mol. The van der Waals surface area contributed by atoms with Crippen molar-refractivity contribution in [1.82, 2.24) is 16.1 Å². The first-order chi connectivity index (χ1) is 22.5. The summed E-state index contributed by atoms with van der Waals surface area (Å²) in [6.45, 7) is 8.61. The largest absolute Gasteiger partial charge is 0.460 e. The van der Waals surface area contributed by atoms with Gasteiger partial charge in [-0.05, 0) is 63.8 Å². The van der Waals surface area contributed by atoms with Gasteiger partial charge in [-0.1, -0.05) is 38.1 Å². The molecular weight excluding hydrogens is 622 g/mol. The van der Waals surface area contributed by atoms with Crippen LogP contribution < -0.4 is 37.6 Å². The van der Waals surface area contributed by atoms with Crippen molar-refractivity contribution in [1.29, 1.82) is 0 Å². The molecule has 2 aromatic carbocycles. The molecule has 0 radical (unpaired) electrons. The fourth-order valence-electron chi connectivity index (χ4n) is 4.30. The number of carbonyl (C=O) groups is 6. The molecule has 3 unspecified atom stereocenters. The van der Waals surface area contributed by atoms with E-state index >= 15 is 0 Å². The minimum atomic E-state index is -1.32. The Morgan fingerprint density at radius 2 is 1.52 bits per heavy atom. The number of amides is 6. The fourth-order valence-corrected chi connectivity index (χ4v) is 4.30. The molecule has 6 amide bonds. The number of nitrogens with one attached hydrogen (secondary N) is 4. The van der Waals surface area contributed by atoms with Gasteiger partial charge in [0.2, 0.25) is 23.6 Å². The van der Waals surface area contributed by atoms with Gasteiger partial charge in [-0.2, -0.15) is 5.10 Å². The Bertz CT molecular complexity index is 1460. The van der Waals surface area contributed by atoms with Crippen molar-refractivity contribution >= 4 is 47.5 Å². The maximum absolute atomic E-state index is 13.6. The van der Waals surface area contributed by atoms with Crippen LogP contribution in [0, 0.1) is 11.8 Å². The van der Waals surface area contributed by atoms with Gasteiger partial charge in [-0.3, -0.25) is 24.0 Å².